The molecule has 6 nitrogen and oxygen atoms in total. The van der Waals surface area contributed by atoms with Gasteiger partial charge in [-0.1, -0.05) is 24.3 Å². The first kappa shape index (κ1) is 22.7. The smallest absolute Gasteiger partial charge is 0.264 e. The standard InChI is InChI=1S/C29H27NO5/c1-18-15-19(2)26-24(16-18)35-28(21-10-12-22(33-3)13-11-21)29(27(26)32)34-17-25(31)30-14-6-8-20-7-4-5-9-23(20)30/h4-5,7,9-13,15-16H,6,8,14,17H2,1-3H3. The predicted octanol–water partition coefficient (Wildman–Crippen LogP) is 5.44. The van der Waals surface area contributed by atoms with Gasteiger partial charge in [0, 0.05) is 17.8 Å². The van der Waals surface area contributed by atoms with Crippen molar-refractivity contribution in [2.45, 2.75) is 26.7 Å². The first-order chi connectivity index (χ1) is 17.0. The lowest BCUT2D eigenvalue weighted by Crippen LogP contribution is -2.39. The van der Waals surface area contributed by atoms with Crippen LogP contribution >= 0.6 is 0 Å². The molecular formula is C29H27NO5. The van der Waals surface area contributed by atoms with Crippen LogP contribution in [0.3, 0.4) is 0 Å². The van der Waals surface area contributed by atoms with E-state index in [9.17, 15) is 9.59 Å². The van der Waals surface area contributed by atoms with E-state index in [1.54, 1.807) is 36.3 Å². The van der Waals surface area contributed by atoms with Crippen LogP contribution in [0.1, 0.15) is 23.1 Å². The zero-order valence-corrected chi connectivity index (χ0v) is 20.1. The largest absolute Gasteiger partial charge is 0.497 e. The van der Waals surface area contributed by atoms with Crippen molar-refractivity contribution in [2.75, 3.05) is 25.2 Å². The number of carbonyl (C=O) groups is 1. The third kappa shape index (κ3) is 4.28. The molecule has 1 amide bonds. The van der Waals surface area contributed by atoms with Gasteiger partial charge in [-0.05, 0) is 79.8 Å². The van der Waals surface area contributed by atoms with Gasteiger partial charge < -0.3 is 18.8 Å². The number of benzene rings is 3. The Bertz CT molecular complexity index is 1470. The van der Waals surface area contributed by atoms with E-state index in [2.05, 4.69) is 0 Å². The van der Waals surface area contributed by atoms with E-state index in [1.807, 2.05) is 50.2 Å². The molecule has 0 radical (unpaired) electrons. The monoisotopic (exact) mass is 469 g/mol. The van der Waals surface area contributed by atoms with E-state index in [0.717, 1.165) is 35.2 Å². The molecule has 0 atom stereocenters. The van der Waals surface area contributed by atoms with Gasteiger partial charge in [0.1, 0.15) is 11.3 Å². The summed E-state index contributed by atoms with van der Waals surface area (Å²) in [7, 11) is 1.59. The highest BCUT2D eigenvalue weighted by Gasteiger charge is 2.25. The van der Waals surface area contributed by atoms with Crippen LogP contribution in [0.2, 0.25) is 0 Å². The highest BCUT2D eigenvalue weighted by atomic mass is 16.5. The van der Waals surface area contributed by atoms with E-state index in [-0.39, 0.29) is 23.7 Å². The molecule has 4 aromatic rings. The molecule has 178 valence electrons. The number of fused-ring (bicyclic) bond motifs is 2. The molecule has 0 spiro atoms. The lowest BCUT2D eigenvalue weighted by atomic mass is 10.0. The molecule has 5 rings (SSSR count). The molecule has 1 aromatic heterocycles. The van der Waals surface area contributed by atoms with Crippen LogP contribution in [0, 0.1) is 13.8 Å². The fourth-order valence-corrected chi connectivity index (χ4v) is 4.74. The maximum atomic E-state index is 13.6. The van der Waals surface area contributed by atoms with Gasteiger partial charge in [-0.25, -0.2) is 0 Å². The Balaban J connectivity index is 1.55. The molecule has 1 aliphatic heterocycles. The van der Waals surface area contributed by atoms with Gasteiger partial charge in [-0.2, -0.15) is 0 Å². The lowest BCUT2D eigenvalue weighted by molar-refractivity contribution is -0.120. The van der Waals surface area contributed by atoms with Gasteiger partial charge in [0.15, 0.2) is 12.4 Å². The summed E-state index contributed by atoms with van der Waals surface area (Å²) in [4.78, 5) is 28.6. The second kappa shape index (κ2) is 9.29. The Kier molecular flexibility index (Phi) is 6.03. The number of rotatable bonds is 5. The molecule has 6 heteroatoms. The molecule has 0 unspecified atom stereocenters. The number of aryl methyl sites for hydroxylation is 3. The Labute approximate surface area is 203 Å². The molecule has 2 heterocycles. The van der Waals surface area contributed by atoms with Gasteiger partial charge in [0.05, 0.1) is 12.5 Å². The summed E-state index contributed by atoms with van der Waals surface area (Å²) in [5.41, 5.74) is 4.70. The number of methoxy groups -OCH3 is 1. The van der Waals surface area contributed by atoms with Crippen LogP contribution in [0.25, 0.3) is 22.3 Å². The SMILES string of the molecule is COc1ccc(-c2oc3cc(C)cc(C)c3c(=O)c2OCC(=O)N2CCCc3ccccc32)cc1. The number of nitrogens with zero attached hydrogens (tertiary/aromatic N) is 1. The van der Waals surface area contributed by atoms with Crippen molar-refractivity contribution in [3.63, 3.8) is 0 Å². The first-order valence-electron chi connectivity index (χ1n) is 11.7. The number of carbonyl (C=O) groups excluding carboxylic acids is 1. The molecule has 0 N–H and O–H groups in total. The summed E-state index contributed by atoms with van der Waals surface area (Å²) in [6, 6.07) is 18.9. The number of para-hydroxylation sites is 1. The average molecular weight is 470 g/mol. The zero-order valence-electron chi connectivity index (χ0n) is 20.1. The minimum atomic E-state index is -0.290. The quantitative estimate of drug-likeness (QED) is 0.389. The fourth-order valence-electron chi connectivity index (χ4n) is 4.74. The van der Waals surface area contributed by atoms with E-state index in [0.29, 0.717) is 34.6 Å². The molecular weight excluding hydrogens is 442 g/mol. The highest BCUT2D eigenvalue weighted by molar-refractivity contribution is 5.96. The second-order valence-electron chi connectivity index (χ2n) is 8.84. The summed E-state index contributed by atoms with van der Waals surface area (Å²) in [6.45, 7) is 4.19. The summed E-state index contributed by atoms with van der Waals surface area (Å²) in [5.74, 6) is 0.818. The van der Waals surface area contributed by atoms with Crippen LogP contribution in [-0.2, 0) is 11.2 Å². The Morgan fingerprint density at radius 3 is 2.60 bits per heavy atom. The Hall–Kier alpha value is -4.06. The van der Waals surface area contributed by atoms with Crippen LogP contribution in [0.4, 0.5) is 5.69 Å². The fraction of sp³-hybridized carbons (Fsp3) is 0.241. The Morgan fingerprint density at radius 2 is 1.83 bits per heavy atom. The summed E-state index contributed by atoms with van der Waals surface area (Å²) in [5, 5.41) is 0.457. The zero-order chi connectivity index (χ0) is 24.5. The topological polar surface area (TPSA) is 69.0 Å². The van der Waals surface area contributed by atoms with Gasteiger partial charge in [-0.15, -0.1) is 0 Å². The normalized spacial score (nSPS) is 12.9. The van der Waals surface area contributed by atoms with Crippen molar-refractivity contribution in [2.24, 2.45) is 0 Å². The van der Waals surface area contributed by atoms with Crippen molar-refractivity contribution < 1.29 is 18.7 Å². The Morgan fingerprint density at radius 1 is 1.06 bits per heavy atom. The summed E-state index contributed by atoms with van der Waals surface area (Å²) >= 11 is 0. The number of amides is 1. The maximum absolute atomic E-state index is 13.6. The van der Waals surface area contributed by atoms with Gasteiger partial charge in [-0.3, -0.25) is 9.59 Å². The van der Waals surface area contributed by atoms with Crippen LogP contribution in [-0.4, -0.2) is 26.2 Å². The van der Waals surface area contributed by atoms with E-state index >= 15 is 0 Å². The van der Waals surface area contributed by atoms with Gasteiger partial charge in [0.25, 0.3) is 5.91 Å². The first-order valence-corrected chi connectivity index (χ1v) is 11.7. The minimum absolute atomic E-state index is 0.0354. The highest BCUT2D eigenvalue weighted by Crippen LogP contribution is 2.34. The van der Waals surface area contributed by atoms with E-state index in [4.69, 9.17) is 13.9 Å². The molecule has 0 aliphatic carbocycles. The average Bonchev–Trinajstić information content (AvgIpc) is 2.87. The molecule has 0 fully saturated rings. The van der Waals surface area contributed by atoms with Crippen molar-refractivity contribution >= 4 is 22.6 Å². The number of hydrogen-bond donors (Lipinski definition) is 0. The van der Waals surface area contributed by atoms with Crippen molar-refractivity contribution in [1.29, 1.82) is 0 Å². The molecule has 1 aliphatic rings. The van der Waals surface area contributed by atoms with Gasteiger partial charge in [0.2, 0.25) is 11.2 Å². The molecule has 0 bridgehead atoms. The summed E-state index contributed by atoms with van der Waals surface area (Å²) < 4.78 is 17.5. The van der Waals surface area contributed by atoms with Crippen molar-refractivity contribution in [3.05, 3.63) is 87.6 Å². The number of anilines is 1. The number of ether oxygens (including phenoxy) is 2. The third-order valence-corrected chi connectivity index (χ3v) is 6.40. The molecule has 0 saturated heterocycles. The minimum Gasteiger partial charge on any atom is -0.497 e. The van der Waals surface area contributed by atoms with E-state index in [1.165, 1.54) is 0 Å². The third-order valence-electron chi connectivity index (χ3n) is 6.40. The predicted molar refractivity (Wildman–Crippen MR) is 137 cm³/mol. The van der Waals surface area contributed by atoms with Crippen LogP contribution < -0.4 is 19.8 Å². The molecule has 0 saturated carbocycles. The summed E-state index contributed by atoms with van der Waals surface area (Å²) in [6.07, 6.45) is 1.83. The molecule has 3 aromatic carbocycles. The van der Waals surface area contributed by atoms with Crippen molar-refractivity contribution in [1.82, 2.24) is 0 Å². The number of hydrogen-bond acceptors (Lipinski definition) is 5. The van der Waals surface area contributed by atoms with Crippen molar-refractivity contribution in [3.8, 4) is 22.8 Å². The lowest BCUT2D eigenvalue weighted by Gasteiger charge is -2.29. The van der Waals surface area contributed by atoms with Crippen LogP contribution in [0.5, 0.6) is 11.5 Å². The molecule has 35 heavy (non-hydrogen) atoms. The van der Waals surface area contributed by atoms with Gasteiger partial charge >= 0.3 is 0 Å². The maximum Gasteiger partial charge on any atom is 0.264 e. The van der Waals surface area contributed by atoms with E-state index < -0.39 is 0 Å². The van der Waals surface area contributed by atoms with Crippen LogP contribution in [0.15, 0.2) is 69.9 Å². The second-order valence-corrected chi connectivity index (χ2v) is 8.84.